The van der Waals surface area contributed by atoms with Gasteiger partial charge in [0.1, 0.15) is 11.5 Å². The van der Waals surface area contributed by atoms with E-state index in [9.17, 15) is 0 Å². The van der Waals surface area contributed by atoms with Crippen LogP contribution >= 0.6 is 31.9 Å². The van der Waals surface area contributed by atoms with Gasteiger partial charge in [-0.25, -0.2) is 0 Å². The van der Waals surface area contributed by atoms with Crippen LogP contribution in [0.1, 0.15) is 0 Å². The number of rotatable bonds is 0. The lowest BCUT2D eigenvalue weighted by Crippen LogP contribution is -1.63. The molecule has 0 atom stereocenters. The summed E-state index contributed by atoms with van der Waals surface area (Å²) >= 11 is 6.29. The summed E-state index contributed by atoms with van der Waals surface area (Å²) in [5.74, 6) is 0.569. The predicted molar refractivity (Wildman–Crippen MR) is 71.6 cm³/mol. The standard InChI is InChI=1S/2C6H5BrO/c2*7-5-3-1-2-4-6(5)8/h2*1-4,8H. The Hall–Kier alpha value is -1.00. The van der Waals surface area contributed by atoms with E-state index in [-0.39, 0.29) is 11.5 Å². The number of halogens is 2. The van der Waals surface area contributed by atoms with Gasteiger partial charge in [-0.2, -0.15) is 0 Å². The van der Waals surface area contributed by atoms with Crippen LogP contribution in [-0.2, 0) is 0 Å². The first kappa shape index (κ1) is 13.1. The first-order valence-electron chi connectivity index (χ1n) is 4.48. The Morgan fingerprint density at radius 3 is 1.12 bits per heavy atom. The van der Waals surface area contributed by atoms with Crippen LogP contribution in [0.5, 0.6) is 11.5 Å². The van der Waals surface area contributed by atoms with Crippen molar-refractivity contribution in [3.05, 3.63) is 57.5 Å². The molecule has 0 bridgehead atoms. The molecule has 2 N–H and O–H groups in total. The normalized spacial score (nSPS) is 9.12. The van der Waals surface area contributed by atoms with Crippen LogP contribution in [0.25, 0.3) is 0 Å². The summed E-state index contributed by atoms with van der Waals surface area (Å²) < 4.78 is 1.47. The Morgan fingerprint density at radius 2 is 0.938 bits per heavy atom. The summed E-state index contributed by atoms with van der Waals surface area (Å²) in [4.78, 5) is 0. The van der Waals surface area contributed by atoms with E-state index < -0.39 is 0 Å². The van der Waals surface area contributed by atoms with Crippen molar-refractivity contribution in [2.45, 2.75) is 0 Å². The molecule has 0 fully saturated rings. The van der Waals surface area contributed by atoms with Gasteiger partial charge >= 0.3 is 0 Å². The van der Waals surface area contributed by atoms with Gasteiger partial charge in [0, 0.05) is 0 Å². The fourth-order valence-electron chi connectivity index (χ4n) is 0.903. The second kappa shape index (κ2) is 6.55. The SMILES string of the molecule is Oc1ccccc1Br.Oc1ccccc1Br. The zero-order valence-corrected chi connectivity index (χ0v) is 11.4. The smallest absolute Gasteiger partial charge is 0.129 e. The lowest BCUT2D eigenvalue weighted by molar-refractivity contribution is 0.471. The van der Waals surface area contributed by atoms with Gasteiger partial charge < -0.3 is 10.2 Å². The van der Waals surface area contributed by atoms with E-state index in [1.165, 1.54) is 0 Å². The van der Waals surface area contributed by atoms with Crippen LogP contribution in [0, 0.1) is 0 Å². The number of phenols is 2. The zero-order valence-electron chi connectivity index (χ0n) is 8.27. The molecule has 0 aliphatic heterocycles. The van der Waals surface area contributed by atoms with Gasteiger partial charge in [0.15, 0.2) is 0 Å². The highest BCUT2D eigenvalue weighted by molar-refractivity contribution is 9.10. The van der Waals surface area contributed by atoms with Crippen molar-refractivity contribution in [1.29, 1.82) is 0 Å². The molecule has 0 aromatic heterocycles. The summed E-state index contributed by atoms with van der Waals surface area (Å²) in [6, 6.07) is 14.1. The molecule has 2 nitrogen and oxygen atoms in total. The number of hydrogen-bond donors (Lipinski definition) is 2. The Kier molecular flexibility index (Phi) is 5.35. The van der Waals surface area contributed by atoms with Crippen LogP contribution in [0.3, 0.4) is 0 Å². The van der Waals surface area contributed by atoms with Gasteiger partial charge in [-0.3, -0.25) is 0 Å². The highest BCUT2D eigenvalue weighted by Gasteiger charge is 1.89. The zero-order chi connectivity index (χ0) is 12.0. The van der Waals surface area contributed by atoms with Crippen molar-refractivity contribution in [3.63, 3.8) is 0 Å². The van der Waals surface area contributed by atoms with Crippen LogP contribution in [-0.4, -0.2) is 10.2 Å². The van der Waals surface area contributed by atoms with E-state index in [4.69, 9.17) is 10.2 Å². The maximum Gasteiger partial charge on any atom is 0.129 e. The molecule has 0 spiro atoms. The molecule has 0 amide bonds. The highest BCUT2D eigenvalue weighted by atomic mass is 79.9. The predicted octanol–water partition coefficient (Wildman–Crippen LogP) is 4.31. The van der Waals surface area contributed by atoms with Crippen molar-refractivity contribution >= 4 is 31.9 Å². The van der Waals surface area contributed by atoms with Crippen molar-refractivity contribution in [2.24, 2.45) is 0 Å². The molecule has 16 heavy (non-hydrogen) atoms. The third-order valence-corrected chi connectivity index (χ3v) is 3.05. The number of para-hydroxylation sites is 2. The number of hydrogen-bond acceptors (Lipinski definition) is 2. The van der Waals surface area contributed by atoms with Gasteiger partial charge in [0.2, 0.25) is 0 Å². The van der Waals surface area contributed by atoms with E-state index in [0.717, 1.165) is 8.95 Å². The van der Waals surface area contributed by atoms with Gasteiger partial charge in [-0.1, -0.05) is 24.3 Å². The first-order valence-corrected chi connectivity index (χ1v) is 6.07. The van der Waals surface area contributed by atoms with Crippen molar-refractivity contribution < 1.29 is 10.2 Å². The lowest BCUT2D eigenvalue weighted by atomic mass is 10.3. The number of phenolic OH excluding ortho intramolecular Hbond substituents is 2. The molecule has 0 heterocycles. The van der Waals surface area contributed by atoms with E-state index in [1.54, 1.807) is 36.4 Å². The molecule has 0 radical (unpaired) electrons. The minimum absolute atomic E-state index is 0.285. The van der Waals surface area contributed by atoms with E-state index in [2.05, 4.69) is 31.9 Å². The maximum atomic E-state index is 8.87. The second-order valence-corrected chi connectivity index (χ2v) is 4.61. The van der Waals surface area contributed by atoms with Crippen LogP contribution in [0.15, 0.2) is 57.5 Å². The molecule has 2 rings (SSSR count). The average molecular weight is 346 g/mol. The van der Waals surface area contributed by atoms with E-state index >= 15 is 0 Å². The van der Waals surface area contributed by atoms with Crippen LogP contribution < -0.4 is 0 Å². The number of benzene rings is 2. The molecule has 2 aromatic rings. The summed E-state index contributed by atoms with van der Waals surface area (Å²) in [6.07, 6.45) is 0. The largest absolute Gasteiger partial charge is 0.507 e. The monoisotopic (exact) mass is 344 g/mol. The van der Waals surface area contributed by atoms with E-state index in [0.29, 0.717) is 0 Å². The number of aromatic hydroxyl groups is 2. The summed E-state index contributed by atoms with van der Waals surface area (Å²) in [5, 5.41) is 17.7. The molecule has 0 aliphatic carbocycles. The Bertz CT molecular complexity index is 373. The molecule has 0 saturated heterocycles. The third-order valence-electron chi connectivity index (χ3n) is 1.70. The quantitative estimate of drug-likeness (QED) is 0.746. The molecule has 0 aliphatic rings. The van der Waals surface area contributed by atoms with Gasteiger partial charge in [0.05, 0.1) is 8.95 Å². The molecular formula is C12H10Br2O2. The average Bonchev–Trinajstić information content (AvgIpc) is 2.28. The Morgan fingerprint density at radius 1 is 0.625 bits per heavy atom. The fraction of sp³-hybridized carbons (Fsp3) is 0. The van der Waals surface area contributed by atoms with Crippen LogP contribution in [0.4, 0.5) is 0 Å². The topological polar surface area (TPSA) is 40.5 Å². The van der Waals surface area contributed by atoms with Gasteiger partial charge in [0.25, 0.3) is 0 Å². The van der Waals surface area contributed by atoms with Crippen LogP contribution in [0.2, 0.25) is 0 Å². The fourth-order valence-corrected chi connectivity index (χ4v) is 1.47. The minimum atomic E-state index is 0.285. The van der Waals surface area contributed by atoms with Gasteiger partial charge in [-0.15, -0.1) is 0 Å². The van der Waals surface area contributed by atoms with Crippen molar-refractivity contribution in [2.75, 3.05) is 0 Å². The highest BCUT2D eigenvalue weighted by Crippen LogP contribution is 2.21. The Balaban J connectivity index is 0.000000160. The molecule has 4 heteroatoms. The summed E-state index contributed by atoms with van der Waals surface area (Å²) in [6.45, 7) is 0. The van der Waals surface area contributed by atoms with E-state index in [1.807, 2.05) is 12.1 Å². The first-order chi connectivity index (χ1) is 7.61. The third kappa shape index (κ3) is 4.24. The van der Waals surface area contributed by atoms with Crippen molar-refractivity contribution in [3.8, 4) is 11.5 Å². The molecule has 2 aromatic carbocycles. The van der Waals surface area contributed by atoms with Crippen molar-refractivity contribution in [1.82, 2.24) is 0 Å². The lowest BCUT2D eigenvalue weighted by Gasteiger charge is -1.90. The maximum absolute atomic E-state index is 8.87. The summed E-state index contributed by atoms with van der Waals surface area (Å²) in [7, 11) is 0. The second-order valence-electron chi connectivity index (χ2n) is 2.90. The minimum Gasteiger partial charge on any atom is -0.507 e. The van der Waals surface area contributed by atoms with Gasteiger partial charge in [-0.05, 0) is 56.1 Å². The molecule has 0 saturated carbocycles. The Labute approximate surface area is 111 Å². The molecule has 0 unspecified atom stereocenters. The molecular weight excluding hydrogens is 336 g/mol. The molecule has 84 valence electrons. The summed E-state index contributed by atoms with van der Waals surface area (Å²) in [5.41, 5.74) is 0.